The summed E-state index contributed by atoms with van der Waals surface area (Å²) in [6, 6.07) is 0. The average molecular weight is 427 g/mol. The van der Waals surface area contributed by atoms with Crippen LogP contribution >= 0.6 is 0 Å². The summed E-state index contributed by atoms with van der Waals surface area (Å²) in [6.45, 7) is 3.71. The lowest BCUT2D eigenvalue weighted by Crippen LogP contribution is -2.41. The molecular weight excluding hydrogens is 399 g/mol. The van der Waals surface area contributed by atoms with Crippen LogP contribution in [-0.4, -0.2) is 60.5 Å². The van der Waals surface area contributed by atoms with E-state index in [-0.39, 0.29) is 17.5 Å². The normalized spacial score (nSPS) is 14.8. The van der Waals surface area contributed by atoms with Crippen LogP contribution in [0.2, 0.25) is 0 Å². The Labute approximate surface area is 180 Å². The molecule has 1 saturated heterocycles. The Bertz CT molecular complexity index is 1060. The molecule has 0 aromatic carbocycles. The molecule has 9 nitrogen and oxygen atoms in total. The highest BCUT2D eigenvalue weighted by Crippen LogP contribution is 2.27. The fraction of sp³-hybridized carbons (Fsp3) is 0.476. The second kappa shape index (κ2) is 8.44. The molecule has 1 aliphatic heterocycles. The van der Waals surface area contributed by atoms with Gasteiger partial charge in [0.2, 0.25) is 11.9 Å². The first-order chi connectivity index (χ1) is 14.8. The average Bonchev–Trinajstić information content (AvgIpc) is 3.32. The Balaban J connectivity index is 1.42. The number of amides is 1. The molecule has 0 aliphatic carbocycles. The number of aromatic nitrogens is 6. The van der Waals surface area contributed by atoms with Gasteiger partial charge >= 0.3 is 0 Å². The Kier molecular flexibility index (Phi) is 5.71. The Morgan fingerprint density at radius 3 is 2.55 bits per heavy atom. The molecule has 164 valence electrons. The number of carbonyl (C=O) groups is 1. The molecule has 3 aromatic rings. The highest BCUT2D eigenvalue weighted by Gasteiger charge is 2.29. The van der Waals surface area contributed by atoms with E-state index in [2.05, 4.69) is 20.2 Å². The topological polar surface area (TPSA) is 85.0 Å². The summed E-state index contributed by atoms with van der Waals surface area (Å²) in [6.07, 6.45) is 8.01. The number of aryl methyl sites for hydroxylation is 3. The van der Waals surface area contributed by atoms with Gasteiger partial charge in [0.15, 0.2) is 5.82 Å². The van der Waals surface area contributed by atoms with Gasteiger partial charge in [0.25, 0.3) is 0 Å². The van der Waals surface area contributed by atoms with Gasteiger partial charge in [-0.1, -0.05) is 0 Å². The lowest BCUT2D eigenvalue weighted by Gasteiger charge is -2.33. The third-order valence-corrected chi connectivity index (χ3v) is 5.76. The fourth-order valence-corrected chi connectivity index (χ4v) is 4.11. The van der Waals surface area contributed by atoms with Gasteiger partial charge < -0.3 is 9.80 Å². The van der Waals surface area contributed by atoms with E-state index in [1.54, 1.807) is 33.7 Å². The Morgan fingerprint density at radius 1 is 1.19 bits per heavy atom. The van der Waals surface area contributed by atoms with Gasteiger partial charge in [-0.15, -0.1) is 0 Å². The molecule has 0 saturated carbocycles. The largest absolute Gasteiger partial charge is 0.341 e. The summed E-state index contributed by atoms with van der Waals surface area (Å²) >= 11 is 0. The lowest BCUT2D eigenvalue weighted by atomic mass is 9.95. The van der Waals surface area contributed by atoms with E-state index in [0.717, 1.165) is 11.1 Å². The second-order valence-corrected chi connectivity index (χ2v) is 8.14. The molecule has 1 fully saturated rings. The van der Waals surface area contributed by atoms with Gasteiger partial charge in [-0.3, -0.25) is 14.2 Å². The van der Waals surface area contributed by atoms with Crippen LogP contribution in [0.4, 0.5) is 10.3 Å². The first kappa shape index (κ1) is 21.0. The van der Waals surface area contributed by atoms with E-state index in [1.807, 2.05) is 32.1 Å². The van der Waals surface area contributed by atoms with Crippen molar-refractivity contribution in [3.05, 3.63) is 41.7 Å². The molecular formula is C21H27FN8O. The molecule has 1 aliphatic rings. The molecule has 4 rings (SSSR count). The summed E-state index contributed by atoms with van der Waals surface area (Å²) in [5.41, 5.74) is 2.75. The second-order valence-electron chi connectivity index (χ2n) is 8.14. The van der Waals surface area contributed by atoms with Crippen molar-refractivity contribution in [2.24, 2.45) is 20.0 Å². The number of rotatable bonds is 5. The van der Waals surface area contributed by atoms with Crippen molar-refractivity contribution >= 4 is 11.9 Å². The SMILES string of the molecule is Cc1cnn(C)c1-c1nc(N2CCC(C(=O)N(C)Cc3cnn(C)c3)CC2)ncc1F. The number of hydrogen-bond donors (Lipinski definition) is 0. The van der Waals surface area contributed by atoms with Crippen LogP contribution < -0.4 is 4.90 Å². The van der Waals surface area contributed by atoms with Crippen molar-refractivity contribution in [1.82, 2.24) is 34.4 Å². The number of anilines is 1. The zero-order valence-electron chi connectivity index (χ0n) is 18.3. The predicted molar refractivity (Wildman–Crippen MR) is 114 cm³/mol. The number of carbonyl (C=O) groups excluding carboxylic acids is 1. The van der Waals surface area contributed by atoms with E-state index in [1.165, 1.54) is 6.20 Å². The number of nitrogens with zero attached hydrogens (tertiary/aromatic N) is 8. The number of piperidine rings is 1. The highest BCUT2D eigenvalue weighted by atomic mass is 19.1. The summed E-state index contributed by atoms with van der Waals surface area (Å²) in [5, 5.41) is 8.34. The minimum Gasteiger partial charge on any atom is -0.341 e. The van der Waals surface area contributed by atoms with Crippen molar-refractivity contribution < 1.29 is 9.18 Å². The van der Waals surface area contributed by atoms with Gasteiger partial charge in [-0.25, -0.2) is 14.4 Å². The maximum atomic E-state index is 14.5. The maximum Gasteiger partial charge on any atom is 0.226 e. The lowest BCUT2D eigenvalue weighted by molar-refractivity contribution is -0.135. The van der Waals surface area contributed by atoms with Crippen molar-refractivity contribution in [3.8, 4) is 11.4 Å². The van der Waals surface area contributed by atoms with Crippen LogP contribution in [0.25, 0.3) is 11.4 Å². The van der Waals surface area contributed by atoms with Crippen LogP contribution in [0.5, 0.6) is 0 Å². The van der Waals surface area contributed by atoms with Crippen LogP contribution in [0.1, 0.15) is 24.0 Å². The third kappa shape index (κ3) is 4.28. The van der Waals surface area contributed by atoms with E-state index in [4.69, 9.17) is 0 Å². The monoisotopic (exact) mass is 426 g/mol. The summed E-state index contributed by atoms with van der Waals surface area (Å²) in [5.74, 6) is 0.0936. The summed E-state index contributed by atoms with van der Waals surface area (Å²) < 4.78 is 17.8. The van der Waals surface area contributed by atoms with Gasteiger partial charge in [0.1, 0.15) is 5.69 Å². The smallest absolute Gasteiger partial charge is 0.226 e. The molecule has 0 atom stereocenters. The van der Waals surface area contributed by atoms with E-state index >= 15 is 0 Å². The molecule has 10 heteroatoms. The summed E-state index contributed by atoms with van der Waals surface area (Å²) in [4.78, 5) is 25.3. The van der Waals surface area contributed by atoms with Crippen LogP contribution in [-0.2, 0) is 25.4 Å². The van der Waals surface area contributed by atoms with E-state index in [9.17, 15) is 9.18 Å². The van der Waals surface area contributed by atoms with Crippen LogP contribution in [0, 0.1) is 18.7 Å². The molecule has 4 heterocycles. The van der Waals surface area contributed by atoms with Gasteiger partial charge in [0, 0.05) is 58.5 Å². The zero-order valence-corrected chi connectivity index (χ0v) is 18.3. The first-order valence-corrected chi connectivity index (χ1v) is 10.3. The van der Waals surface area contributed by atoms with Gasteiger partial charge in [-0.05, 0) is 25.3 Å². The molecule has 0 N–H and O–H groups in total. The van der Waals surface area contributed by atoms with E-state index < -0.39 is 5.82 Å². The van der Waals surface area contributed by atoms with E-state index in [0.29, 0.717) is 44.1 Å². The Hall–Kier alpha value is -3.30. The third-order valence-electron chi connectivity index (χ3n) is 5.76. The van der Waals surface area contributed by atoms with Crippen molar-refractivity contribution in [3.63, 3.8) is 0 Å². The fourth-order valence-electron chi connectivity index (χ4n) is 4.11. The molecule has 0 radical (unpaired) electrons. The number of hydrogen-bond acceptors (Lipinski definition) is 6. The standard InChI is InChI=1S/C21H27FN8O/c1-14-9-25-29(4)19(14)18-17(22)11-23-21(26-18)30-7-5-16(6-8-30)20(31)27(2)12-15-10-24-28(3)13-15/h9-11,13,16H,5-8,12H2,1-4H3. The zero-order chi connectivity index (χ0) is 22.1. The molecule has 0 bridgehead atoms. The van der Waals surface area contributed by atoms with Crippen molar-refractivity contribution in [2.45, 2.75) is 26.3 Å². The minimum absolute atomic E-state index is 0.0443. The minimum atomic E-state index is -0.474. The Morgan fingerprint density at radius 2 is 1.94 bits per heavy atom. The van der Waals surface area contributed by atoms with Crippen molar-refractivity contribution in [1.29, 1.82) is 0 Å². The van der Waals surface area contributed by atoms with Gasteiger partial charge in [-0.2, -0.15) is 10.2 Å². The highest BCUT2D eigenvalue weighted by molar-refractivity contribution is 5.79. The van der Waals surface area contributed by atoms with Crippen molar-refractivity contribution in [2.75, 3.05) is 25.0 Å². The molecule has 0 spiro atoms. The maximum absolute atomic E-state index is 14.5. The predicted octanol–water partition coefficient (Wildman–Crippen LogP) is 1.93. The number of halogens is 1. The molecule has 3 aromatic heterocycles. The van der Waals surface area contributed by atoms with Crippen LogP contribution in [0.3, 0.4) is 0 Å². The quantitative estimate of drug-likeness (QED) is 0.620. The molecule has 0 unspecified atom stereocenters. The first-order valence-electron chi connectivity index (χ1n) is 10.3. The molecule has 1 amide bonds. The van der Waals surface area contributed by atoms with Gasteiger partial charge in [0.05, 0.1) is 24.3 Å². The summed E-state index contributed by atoms with van der Waals surface area (Å²) in [7, 11) is 5.45. The molecule has 31 heavy (non-hydrogen) atoms. The van der Waals surface area contributed by atoms with Crippen LogP contribution in [0.15, 0.2) is 24.8 Å².